The van der Waals surface area contributed by atoms with E-state index in [1.165, 1.54) is 6.33 Å². The lowest BCUT2D eigenvalue weighted by Crippen LogP contribution is -2.01. The molecule has 0 radical (unpaired) electrons. The van der Waals surface area contributed by atoms with Crippen molar-refractivity contribution >= 4 is 0 Å². The molecule has 0 atom stereocenters. The van der Waals surface area contributed by atoms with Crippen molar-refractivity contribution in [3.05, 3.63) is 30.4 Å². The van der Waals surface area contributed by atoms with Crippen LogP contribution in [0.1, 0.15) is 5.82 Å². The van der Waals surface area contributed by atoms with Crippen molar-refractivity contribution in [3.63, 3.8) is 0 Å². The number of rotatable bonds is 4. The molecule has 0 saturated heterocycles. The molecule has 2 aromatic rings. The van der Waals surface area contributed by atoms with E-state index in [4.69, 9.17) is 14.6 Å². The van der Waals surface area contributed by atoms with Crippen LogP contribution < -0.4 is 9.47 Å². The van der Waals surface area contributed by atoms with Crippen molar-refractivity contribution in [2.24, 2.45) is 0 Å². The van der Waals surface area contributed by atoms with E-state index in [0.717, 1.165) is 5.69 Å². The van der Waals surface area contributed by atoms with Crippen LogP contribution in [0, 0.1) is 0 Å². The summed E-state index contributed by atoms with van der Waals surface area (Å²) in [4.78, 5) is 0. The first-order chi connectivity index (χ1) is 8.28. The van der Waals surface area contributed by atoms with Gasteiger partial charge >= 0.3 is 0 Å². The van der Waals surface area contributed by atoms with E-state index in [1.54, 1.807) is 24.9 Å². The van der Waals surface area contributed by atoms with Gasteiger partial charge in [0.1, 0.15) is 24.4 Å². The monoisotopic (exact) mass is 235 g/mol. The predicted molar refractivity (Wildman–Crippen MR) is 60.4 cm³/mol. The van der Waals surface area contributed by atoms with E-state index in [9.17, 15) is 0 Å². The number of hydrogen-bond acceptors (Lipinski definition) is 5. The number of benzene rings is 1. The second kappa shape index (κ2) is 4.84. The molecule has 0 fully saturated rings. The standard InChI is InChI=1S/C11H13N3O3/c1-16-9-3-8(4-10(5-9)17-2)14-7-12-13-11(14)6-15/h3-5,7,15H,6H2,1-2H3. The second-order valence-electron chi connectivity index (χ2n) is 3.35. The minimum Gasteiger partial charge on any atom is -0.497 e. The summed E-state index contributed by atoms with van der Waals surface area (Å²) in [7, 11) is 3.16. The maximum Gasteiger partial charge on any atom is 0.163 e. The molecule has 90 valence electrons. The first-order valence-corrected chi connectivity index (χ1v) is 5.01. The predicted octanol–water partition coefficient (Wildman–Crippen LogP) is 0.777. The van der Waals surface area contributed by atoms with Gasteiger partial charge in [0.15, 0.2) is 5.82 Å². The fraction of sp³-hybridized carbons (Fsp3) is 0.273. The Kier molecular flexibility index (Phi) is 3.24. The van der Waals surface area contributed by atoms with Crippen molar-refractivity contribution in [2.45, 2.75) is 6.61 Å². The molecular weight excluding hydrogens is 222 g/mol. The Morgan fingerprint density at radius 1 is 1.18 bits per heavy atom. The first-order valence-electron chi connectivity index (χ1n) is 5.01. The normalized spacial score (nSPS) is 10.3. The molecule has 1 aromatic heterocycles. The molecule has 0 bridgehead atoms. The molecular formula is C11H13N3O3. The third-order valence-electron chi connectivity index (χ3n) is 2.37. The topological polar surface area (TPSA) is 69.4 Å². The first kappa shape index (κ1) is 11.4. The summed E-state index contributed by atoms with van der Waals surface area (Å²) >= 11 is 0. The number of aromatic nitrogens is 3. The minimum absolute atomic E-state index is 0.181. The van der Waals surface area contributed by atoms with Crippen LogP contribution in [-0.2, 0) is 6.61 Å². The Balaban J connectivity index is 2.51. The third kappa shape index (κ3) is 2.21. The van der Waals surface area contributed by atoms with E-state index in [1.807, 2.05) is 12.1 Å². The van der Waals surface area contributed by atoms with Crippen LogP contribution in [0.4, 0.5) is 0 Å². The van der Waals surface area contributed by atoms with Gasteiger partial charge in [0.2, 0.25) is 0 Å². The van der Waals surface area contributed by atoms with Gasteiger partial charge in [0.25, 0.3) is 0 Å². The Morgan fingerprint density at radius 3 is 2.35 bits per heavy atom. The van der Waals surface area contributed by atoms with Crippen molar-refractivity contribution in [1.29, 1.82) is 0 Å². The van der Waals surface area contributed by atoms with Crippen LogP contribution in [0.25, 0.3) is 5.69 Å². The van der Waals surface area contributed by atoms with Crippen LogP contribution in [0.3, 0.4) is 0 Å². The molecule has 0 aliphatic rings. The van der Waals surface area contributed by atoms with Gasteiger partial charge in [-0.2, -0.15) is 0 Å². The van der Waals surface area contributed by atoms with Crippen LogP contribution in [0.15, 0.2) is 24.5 Å². The quantitative estimate of drug-likeness (QED) is 0.848. The molecule has 6 heteroatoms. The van der Waals surface area contributed by atoms with Gasteiger partial charge < -0.3 is 14.6 Å². The maximum atomic E-state index is 9.14. The average Bonchev–Trinajstić information content (AvgIpc) is 2.86. The lowest BCUT2D eigenvalue weighted by Gasteiger charge is -2.09. The van der Waals surface area contributed by atoms with Gasteiger partial charge in [0.05, 0.1) is 19.9 Å². The lowest BCUT2D eigenvalue weighted by molar-refractivity contribution is 0.269. The Bertz CT molecular complexity index is 488. The van der Waals surface area contributed by atoms with Crippen LogP contribution in [0.5, 0.6) is 11.5 Å². The van der Waals surface area contributed by atoms with E-state index < -0.39 is 0 Å². The number of ether oxygens (including phenoxy) is 2. The summed E-state index contributed by atoms with van der Waals surface area (Å²) in [6.07, 6.45) is 1.53. The number of aliphatic hydroxyl groups excluding tert-OH is 1. The fourth-order valence-corrected chi connectivity index (χ4v) is 1.51. The summed E-state index contributed by atoms with van der Waals surface area (Å²) in [6.45, 7) is -0.181. The molecule has 0 spiro atoms. The largest absolute Gasteiger partial charge is 0.497 e. The van der Waals surface area contributed by atoms with E-state index in [-0.39, 0.29) is 6.61 Å². The number of hydrogen-bond donors (Lipinski definition) is 1. The van der Waals surface area contributed by atoms with E-state index in [2.05, 4.69) is 10.2 Å². The molecule has 2 rings (SSSR count). The highest BCUT2D eigenvalue weighted by molar-refractivity contribution is 5.46. The van der Waals surface area contributed by atoms with Gasteiger partial charge in [-0.15, -0.1) is 10.2 Å². The van der Waals surface area contributed by atoms with Crippen molar-refractivity contribution in [1.82, 2.24) is 14.8 Å². The maximum absolute atomic E-state index is 9.14. The second-order valence-corrected chi connectivity index (χ2v) is 3.35. The summed E-state index contributed by atoms with van der Waals surface area (Å²) < 4.78 is 12.0. The van der Waals surface area contributed by atoms with Crippen LogP contribution in [-0.4, -0.2) is 34.1 Å². The molecule has 1 N–H and O–H groups in total. The highest BCUT2D eigenvalue weighted by Crippen LogP contribution is 2.25. The molecule has 0 unspecified atom stereocenters. The zero-order valence-electron chi connectivity index (χ0n) is 9.62. The summed E-state index contributed by atoms with van der Waals surface area (Å²) in [5.74, 6) is 1.79. The summed E-state index contributed by atoms with van der Waals surface area (Å²) in [5, 5.41) is 16.7. The molecule has 17 heavy (non-hydrogen) atoms. The molecule has 0 amide bonds. The molecule has 0 aliphatic carbocycles. The van der Waals surface area contributed by atoms with Crippen molar-refractivity contribution in [3.8, 4) is 17.2 Å². The summed E-state index contributed by atoms with van der Waals surface area (Å²) in [5.41, 5.74) is 0.773. The lowest BCUT2D eigenvalue weighted by atomic mass is 10.2. The van der Waals surface area contributed by atoms with Gasteiger partial charge in [-0.05, 0) is 0 Å². The fourth-order valence-electron chi connectivity index (χ4n) is 1.51. The smallest absolute Gasteiger partial charge is 0.163 e. The number of nitrogens with zero attached hydrogens (tertiary/aromatic N) is 3. The van der Waals surface area contributed by atoms with Gasteiger partial charge in [-0.25, -0.2) is 0 Å². The SMILES string of the molecule is COc1cc(OC)cc(-n2cnnc2CO)c1. The highest BCUT2D eigenvalue weighted by atomic mass is 16.5. The Labute approximate surface area is 98.4 Å². The number of aliphatic hydroxyl groups is 1. The summed E-state index contributed by atoms with van der Waals surface area (Å²) in [6, 6.07) is 5.39. The zero-order chi connectivity index (χ0) is 12.3. The van der Waals surface area contributed by atoms with E-state index >= 15 is 0 Å². The van der Waals surface area contributed by atoms with Crippen LogP contribution in [0.2, 0.25) is 0 Å². The molecule has 0 saturated carbocycles. The van der Waals surface area contributed by atoms with Gasteiger partial charge in [-0.3, -0.25) is 4.57 Å². The Hall–Kier alpha value is -2.08. The van der Waals surface area contributed by atoms with Gasteiger partial charge in [0, 0.05) is 18.2 Å². The van der Waals surface area contributed by atoms with Gasteiger partial charge in [-0.1, -0.05) is 0 Å². The minimum atomic E-state index is -0.181. The van der Waals surface area contributed by atoms with E-state index in [0.29, 0.717) is 17.3 Å². The zero-order valence-corrected chi connectivity index (χ0v) is 9.62. The number of methoxy groups -OCH3 is 2. The third-order valence-corrected chi connectivity index (χ3v) is 2.37. The molecule has 1 heterocycles. The average molecular weight is 235 g/mol. The Morgan fingerprint density at radius 2 is 1.82 bits per heavy atom. The molecule has 6 nitrogen and oxygen atoms in total. The van der Waals surface area contributed by atoms with Crippen molar-refractivity contribution in [2.75, 3.05) is 14.2 Å². The molecule has 0 aliphatic heterocycles. The highest BCUT2D eigenvalue weighted by Gasteiger charge is 2.08. The van der Waals surface area contributed by atoms with Crippen molar-refractivity contribution < 1.29 is 14.6 Å². The molecule has 1 aromatic carbocycles. The van der Waals surface area contributed by atoms with Crippen LogP contribution >= 0.6 is 0 Å².